The quantitative estimate of drug-likeness (QED) is 0.717. The summed E-state index contributed by atoms with van der Waals surface area (Å²) in [6, 6.07) is 9.28. The van der Waals surface area contributed by atoms with E-state index in [-0.39, 0.29) is 36.0 Å². The first kappa shape index (κ1) is 21.7. The van der Waals surface area contributed by atoms with Gasteiger partial charge in [-0.2, -0.15) is 0 Å². The summed E-state index contributed by atoms with van der Waals surface area (Å²) in [5, 5.41) is 3.08. The molecule has 3 rings (SSSR count). The molecule has 0 aromatic heterocycles. The Kier molecular flexibility index (Phi) is 8.60. The molecule has 1 unspecified atom stereocenters. The van der Waals surface area contributed by atoms with E-state index in [4.69, 9.17) is 0 Å². The van der Waals surface area contributed by atoms with Crippen molar-refractivity contribution in [1.82, 2.24) is 15.1 Å². The molecule has 2 saturated heterocycles. The summed E-state index contributed by atoms with van der Waals surface area (Å²) >= 11 is 1.36. The van der Waals surface area contributed by atoms with Crippen molar-refractivity contribution in [2.45, 2.75) is 18.9 Å². The van der Waals surface area contributed by atoms with E-state index < -0.39 is 0 Å². The minimum absolute atomic E-state index is 0. The topological polar surface area (TPSA) is 69.7 Å². The Morgan fingerprint density at radius 1 is 1.15 bits per heavy atom. The Balaban J connectivity index is 0.00000261. The number of amides is 2. The highest BCUT2D eigenvalue weighted by atomic mass is 35.5. The molecule has 2 aliphatic rings. The molecular formula is C19H26ClN3O3S. The maximum atomic E-state index is 12.5. The van der Waals surface area contributed by atoms with Gasteiger partial charge < -0.3 is 15.1 Å². The van der Waals surface area contributed by atoms with Gasteiger partial charge in [0.15, 0.2) is 5.78 Å². The van der Waals surface area contributed by atoms with Crippen molar-refractivity contribution >= 4 is 41.8 Å². The van der Waals surface area contributed by atoms with Crippen LogP contribution in [0.2, 0.25) is 0 Å². The van der Waals surface area contributed by atoms with E-state index in [9.17, 15) is 14.4 Å². The largest absolute Gasteiger partial charge is 0.340 e. The van der Waals surface area contributed by atoms with Crippen LogP contribution in [0.1, 0.15) is 23.2 Å². The normalized spacial score (nSPS) is 20.1. The average Bonchev–Trinajstić information content (AvgIpc) is 2.69. The van der Waals surface area contributed by atoms with Gasteiger partial charge in [0.05, 0.1) is 18.1 Å². The monoisotopic (exact) mass is 411 g/mol. The number of nitrogens with one attached hydrogen (secondary N) is 1. The van der Waals surface area contributed by atoms with E-state index in [1.165, 1.54) is 11.8 Å². The Hall–Kier alpha value is -1.57. The molecule has 1 aromatic carbocycles. The lowest BCUT2D eigenvalue weighted by atomic mass is 10.0. The lowest BCUT2D eigenvalue weighted by Gasteiger charge is -2.41. The molecule has 0 saturated carbocycles. The van der Waals surface area contributed by atoms with Crippen molar-refractivity contribution in [1.29, 1.82) is 0 Å². The number of piperazine rings is 1. The lowest BCUT2D eigenvalue weighted by molar-refractivity contribution is -0.139. The Morgan fingerprint density at radius 2 is 1.93 bits per heavy atom. The van der Waals surface area contributed by atoms with E-state index in [1.807, 2.05) is 28.0 Å². The average molecular weight is 412 g/mol. The van der Waals surface area contributed by atoms with Crippen molar-refractivity contribution in [2.24, 2.45) is 0 Å². The zero-order chi connectivity index (χ0) is 18.4. The zero-order valence-corrected chi connectivity index (χ0v) is 16.9. The van der Waals surface area contributed by atoms with Crippen LogP contribution >= 0.6 is 24.2 Å². The number of carbonyl (C=O) groups is 3. The van der Waals surface area contributed by atoms with Crippen LogP contribution < -0.4 is 5.32 Å². The Labute approximate surface area is 170 Å². The highest BCUT2D eigenvalue weighted by Crippen LogP contribution is 2.18. The predicted octanol–water partition coefficient (Wildman–Crippen LogP) is 1.45. The van der Waals surface area contributed by atoms with Crippen molar-refractivity contribution in [3.05, 3.63) is 35.9 Å². The van der Waals surface area contributed by atoms with Gasteiger partial charge in [-0.15, -0.1) is 24.2 Å². The molecule has 0 aliphatic carbocycles. The highest BCUT2D eigenvalue weighted by Gasteiger charge is 2.31. The second-order valence-electron chi connectivity index (χ2n) is 6.68. The molecule has 8 heteroatoms. The summed E-state index contributed by atoms with van der Waals surface area (Å²) < 4.78 is 0. The molecule has 2 heterocycles. The van der Waals surface area contributed by atoms with Crippen molar-refractivity contribution in [3.8, 4) is 0 Å². The summed E-state index contributed by atoms with van der Waals surface area (Å²) in [5.41, 5.74) is 0.683. The Morgan fingerprint density at radius 3 is 2.67 bits per heavy atom. The first-order valence-electron chi connectivity index (χ1n) is 9.09. The van der Waals surface area contributed by atoms with Gasteiger partial charge in [0, 0.05) is 37.8 Å². The smallest absolute Gasteiger partial charge is 0.236 e. The van der Waals surface area contributed by atoms with E-state index in [1.54, 1.807) is 12.1 Å². The fraction of sp³-hybridized carbons (Fsp3) is 0.526. The molecule has 1 aromatic rings. The van der Waals surface area contributed by atoms with Crippen LogP contribution in [0.5, 0.6) is 0 Å². The number of likely N-dealkylation sites (tertiary alicyclic amines) is 1. The number of rotatable bonds is 6. The number of thioether (sulfide) groups is 1. The van der Waals surface area contributed by atoms with Gasteiger partial charge in [0.2, 0.25) is 11.8 Å². The second kappa shape index (κ2) is 10.7. The fourth-order valence-corrected chi connectivity index (χ4v) is 4.28. The minimum Gasteiger partial charge on any atom is -0.340 e. The van der Waals surface area contributed by atoms with Crippen LogP contribution in [0, 0.1) is 0 Å². The zero-order valence-electron chi connectivity index (χ0n) is 15.3. The third-order valence-electron chi connectivity index (χ3n) is 4.87. The number of halogens is 1. The van der Waals surface area contributed by atoms with Crippen LogP contribution in [-0.2, 0) is 9.59 Å². The van der Waals surface area contributed by atoms with Gasteiger partial charge in [-0.05, 0) is 12.8 Å². The number of nitrogens with zero attached hydrogens (tertiary/aromatic N) is 2. The number of ketones is 1. The molecule has 1 atom stereocenters. The second-order valence-corrected chi connectivity index (χ2v) is 7.67. The van der Waals surface area contributed by atoms with Crippen LogP contribution in [-0.4, -0.2) is 77.7 Å². The molecule has 6 nitrogen and oxygen atoms in total. The van der Waals surface area contributed by atoms with E-state index in [0.29, 0.717) is 36.7 Å². The molecule has 0 radical (unpaired) electrons. The highest BCUT2D eigenvalue weighted by molar-refractivity contribution is 8.00. The van der Waals surface area contributed by atoms with Gasteiger partial charge >= 0.3 is 0 Å². The summed E-state index contributed by atoms with van der Waals surface area (Å²) in [4.78, 5) is 40.4. The van der Waals surface area contributed by atoms with Crippen LogP contribution in [0.3, 0.4) is 0 Å². The van der Waals surface area contributed by atoms with Gasteiger partial charge in [0.1, 0.15) is 0 Å². The molecule has 2 aliphatic heterocycles. The molecule has 0 spiro atoms. The van der Waals surface area contributed by atoms with Crippen molar-refractivity contribution < 1.29 is 14.4 Å². The molecule has 27 heavy (non-hydrogen) atoms. The van der Waals surface area contributed by atoms with Gasteiger partial charge in [-0.3, -0.25) is 14.4 Å². The molecule has 2 amide bonds. The lowest BCUT2D eigenvalue weighted by Crippen LogP contribution is -2.57. The number of benzene rings is 1. The predicted molar refractivity (Wildman–Crippen MR) is 110 cm³/mol. The molecule has 0 bridgehead atoms. The van der Waals surface area contributed by atoms with Crippen LogP contribution in [0.15, 0.2) is 30.3 Å². The van der Waals surface area contributed by atoms with Gasteiger partial charge in [-0.25, -0.2) is 0 Å². The third-order valence-corrected chi connectivity index (χ3v) is 5.79. The molecule has 1 N–H and O–H groups in total. The Bertz CT molecular complexity index is 659. The van der Waals surface area contributed by atoms with Gasteiger partial charge in [0.25, 0.3) is 0 Å². The standard InChI is InChI=1S/C19H25N3O3S.ClH/c23-17(15-5-2-1-3-6-15)13-26-14-19(25)21-9-4-7-16(12-21)22-10-8-20-11-18(22)24;/h1-3,5-6,16,20H,4,7-14H2;1H. The number of hydrogen-bond acceptors (Lipinski definition) is 5. The minimum atomic E-state index is 0. The van der Waals surface area contributed by atoms with Gasteiger partial charge in [-0.1, -0.05) is 30.3 Å². The number of hydrogen-bond donors (Lipinski definition) is 1. The SMILES string of the molecule is Cl.O=C(CSCC(=O)N1CCCC(N2CCNCC2=O)C1)c1ccccc1. The van der Waals surface area contributed by atoms with Crippen LogP contribution in [0.4, 0.5) is 0 Å². The molecule has 148 valence electrons. The van der Waals surface area contributed by atoms with E-state index in [0.717, 1.165) is 25.9 Å². The maximum Gasteiger partial charge on any atom is 0.236 e. The first-order chi connectivity index (χ1) is 12.6. The first-order valence-corrected chi connectivity index (χ1v) is 10.2. The van der Waals surface area contributed by atoms with Crippen molar-refractivity contribution in [3.63, 3.8) is 0 Å². The summed E-state index contributed by atoms with van der Waals surface area (Å²) in [7, 11) is 0. The van der Waals surface area contributed by atoms with Crippen LogP contribution in [0.25, 0.3) is 0 Å². The molecular weight excluding hydrogens is 386 g/mol. The van der Waals surface area contributed by atoms with Crippen molar-refractivity contribution in [2.75, 3.05) is 44.2 Å². The number of piperidine rings is 1. The summed E-state index contributed by atoms with van der Waals surface area (Å²) in [6.07, 6.45) is 1.87. The molecule has 2 fully saturated rings. The van der Waals surface area contributed by atoms with E-state index in [2.05, 4.69) is 5.32 Å². The maximum absolute atomic E-state index is 12.5. The fourth-order valence-electron chi connectivity index (χ4n) is 3.47. The van der Waals surface area contributed by atoms with E-state index >= 15 is 0 Å². The number of Topliss-reactive ketones (excluding diaryl/α,β-unsaturated/α-hetero) is 1. The number of carbonyl (C=O) groups excluding carboxylic acids is 3. The summed E-state index contributed by atoms with van der Waals surface area (Å²) in [6.45, 7) is 3.27. The summed E-state index contributed by atoms with van der Waals surface area (Å²) in [5.74, 6) is 0.845. The third kappa shape index (κ3) is 5.96.